The van der Waals surface area contributed by atoms with Crippen molar-refractivity contribution in [2.45, 2.75) is 321 Å². The molecule has 698 valence electrons. The first kappa shape index (κ1) is 102. The van der Waals surface area contributed by atoms with Crippen LogP contribution in [0.3, 0.4) is 0 Å². The van der Waals surface area contributed by atoms with Crippen molar-refractivity contribution in [1.82, 2.24) is 4.98 Å². The van der Waals surface area contributed by atoms with Gasteiger partial charge in [0.05, 0.1) is 20.3 Å². The van der Waals surface area contributed by atoms with Crippen LogP contribution in [0.1, 0.15) is 301 Å². The average Bonchev–Trinajstić information content (AvgIpc) is 1.53. The highest BCUT2D eigenvalue weighted by molar-refractivity contribution is 5.91. The average molecular weight is 1740 g/mol. The molecule has 0 saturated heterocycles. The number of aromatic nitrogens is 1. The van der Waals surface area contributed by atoms with Gasteiger partial charge in [-0.25, -0.2) is 8.78 Å². The number of benzene rings is 2. The highest BCUT2D eigenvalue weighted by Gasteiger charge is 2.75. The summed E-state index contributed by atoms with van der Waals surface area (Å²) in [5.41, 5.74) is 1.35. The molecule has 125 heavy (non-hydrogen) atoms. The number of carboxylic acids is 1. The number of allylic oxidation sites excluding steroid dienone is 3. The zero-order chi connectivity index (χ0) is 91.6. The lowest BCUT2D eigenvalue weighted by Gasteiger charge is -2.49. The van der Waals surface area contributed by atoms with E-state index in [4.69, 9.17) is 38.1 Å². The monoisotopic (exact) mass is 1740 g/mol. The van der Waals surface area contributed by atoms with Gasteiger partial charge in [0.15, 0.2) is 0 Å². The van der Waals surface area contributed by atoms with Crippen LogP contribution in [-0.4, -0.2) is 124 Å². The Balaban J connectivity index is 0.000000198. The first-order valence-corrected chi connectivity index (χ1v) is 48.5. The van der Waals surface area contributed by atoms with Crippen molar-refractivity contribution in [2.24, 2.45) is 121 Å². The number of carbonyl (C=O) groups is 6. The number of hydrogen-bond donors (Lipinski definition) is 2. The normalized spacial score (nSPS) is 32.2. The number of methoxy groups -OCH3 is 2. The predicted octanol–water partition coefficient (Wildman–Crippen LogP) is 23.6. The number of aliphatic hydroxyl groups is 1. The number of nitrogens with zero attached hydrogens (tertiary/aromatic N) is 1. The summed E-state index contributed by atoms with van der Waals surface area (Å²) in [6.45, 7) is 43.0. The number of rotatable bonds is 42. The minimum Gasteiger partial charge on any atom is -0.497 e. The molecule has 18 heteroatoms. The topological polar surface area (TPSA) is 220 Å². The van der Waals surface area contributed by atoms with Gasteiger partial charge < -0.3 is 57.8 Å². The largest absolute Gasteiger partial charge is 0.497 e. The molecule has 6 saturated carbocycles. The van der Waals surface area contributed by atoms with E-state index in [0.29, 0.717) is 71.0 Å². The second-order valence-corrected chi connectivity index (χ2v) is 42.2. The van der Waals surface area contributed by atoms with Crippen LogP contribution < -0.4 is 9.47 Å². The van der Waals surface area contributed by atoms with Crippen molar-refractivity contribution in [1.29, 1.82) is 0 Å². The van der Waals surface area contributed by atoms with Gasteiger partial charge in [0, 0.05) is 78.1 Å². The number of carboxylic acid groups (broad SMARTS) is 1. The summed E-state index contributed by atoms with van der Waals surface area (Å²) in [4.78, 5) is 85.6. The molecule has 16 nitrogen and oxygen atoms in total. The Bertz CT molecular complexity index is 3870. The number of carbonyl (C=O) groups excluding carboxylic acids is 5. The van der Waals surface area contributed by atoms with Crippen LogP contribution in [0.5, 0.6) is 11.5 Å². The fraction of sp³-hybridized carbons (Fsp3) is 0.729. The van der Waals surface area contributed by atoms with Crippen molar-refractivity contribution in [2.75, 3.05) is 53.9 Å². The lowest BCUT2D eigenvalue weighted by molar-refractivity contribution is -0.167. The van der Waals surface area contributed by atoms with Gasteiger partial charge >= 0.3 is 17.9 Å². The summed E-state index contributed by atoms with van der Waals surface area (Å²) < 4.78 is 70.3. The fourth-order valence-corrected chi connectivity index (χ4v) is 24.9. The molecule has 6 bridgehead atoms. The number of pyridine rings is 1. The molecule has 12 rings (SSSR count). The number of esters is 2. The molecule has 0 amide bonds. The van der Waals surface area contributed by atoms with E-state index in [2.05, 4.69) is 133 Å². The number of fused-ring (bicyclic) bond motifs is 6. The minimum absolute atomic E-state index is 0.0415. The van der Waals surface area contributed by atoms with Crippen LogP contribution in [0.15, 0.2) is 102 Å². The third-order valence-electron chi connectivity index (χ3n) is 31.4. The lowest BCUT2D eigenvalue weighted by atomic mass is 9.52. The van der Waals surface area contributed by atoms with E-state index in [1.165, 1.54) is 11.4 Å². The second-order valence-electron chi connectivity index (χ2n) is 42.2. The van der Waals surface area contributed by atoms with Gasteiger partial charge in [-0.1, -0.05) is 228 Å². The van der Waals surface area contributed by atoms with E-state index in [-0.39, 0.29) is 125 Å². The molecular formula is C107H161F2NO15. The maximum Gasteiger partial charge on any atom is 0.317 e. The van der Waals surface area contributed by atoms with Crippen LogP contribution in [0, 0.1) is 121 Å². The molecular weight excluding hydrogens is 1580 g/mol. The highest BCUT2D eigenvalue weighted by atomic mass is 19.1. The number of hydrogen-bond acceptors (Lipinski definition) is 15. The summed E-state index contributed by atoms with van der Waals surface area (Å²) in [7, 11) is 3.24. The quantitative estimate of drug-likeness (QED) is 0.0233. The molecule has 9 aliphatic carbocycles. The number of ether oxygens (including phenoxy) is 7. The van der Waals surface area contributed by atoms with Crippen LogP contribution in [0.25, 0.3) is 0 Å². The first-order valence-electron chi connectivity index (χ1n) is 48.5. The molecule has 2 N–H and O–H groups in total. The van der Waals surface area contributed by atoms with Gasteiger partial charge in [0.2, 0.25) is 0 Å². The van der Waals surface area contributed by atoms with Gasteiger partial charge in [-0.2, -0.15) is 0 Å². The predicted molar refractivity (Wildman–Crippen MR) is 491 cm³/mol. The lowest BCUT2D eigenvalue weighted by Crippen LogP contribution is -2.53. The summed E-state index contributed by atoms with van der Waals surface area (Å²) in [6.07, 6.45) is 26.9. The third-order valence-corrected chi connectivity index (χ3v) is 31.4. The van der Waals surface area contributed by atoms with Crippen LogP contribution in [-0.2, 0) is 76.5 Å². The Kier molecular flexibility index (Phi) is 36.7. The van der Waals surface area contributed by atoms with Crippen LogP contribution in [0.4, 0.5) is 8.78 Å². The van der Waals surface area contributed by atoms with Gasteiger partial charge in [0.1, 0.15) is 72.2 Å². The van der Waals surface area contributed by atoms with E-state index in [1.807, 2.05) is 76.2 Å². The summed E-state index contributed by atoms with van der Waals surface area (Å²) in [5.74, 6) is 0.326. The van der Waals surface area contributed by atoms with Gasteiger partial charge in [-0.3, -0.25) is 19.4 Å². The Labute approximate surface area is 750 Å². The maximum atomic E-state index is 15.5. The smallest absolute Gasteiger partial charge is 0.317 e. The van der Waals surface area contributed by atoms with Crippen LogP contribution in [0.2, 0.25) is 0 Å². The molecule has 3 aromatic rings. The van der Waals surface area contributed by atoms with Gasteiger partial charge in [0.25, 0.3) is 0 Å². The number of aliphatic hydroxyl groups excluding tert-OH is 1. The fourth-order valence-electron chi connectivity index (χ4n) is 24.9. The van der Waals surface area contributed by atoms with Gasteiger partial charge in [-0.05, 0) is 252 Å². The third kappa shape index (κ3) is 21.8. The van der Waals surface area contributed by atoms with E-state index in [1.54, 1.807) is 14.2 Å². The van der Waals surface area contributed by atoms with E-state index >= 15 is 8.78 Å². The summed E-state index contributed by atoms with van der Waals surface area (Å²) >= 11 is 0. The molecule has 1 aromatic heterocycles. The zero-order valence-electron chi connectivity index (χ0n) is 80.2. The SMILES string of the molecule is CC(C)(C)c1cccc(C(C)(C)C)n1.CCCCOCCCCC1C(C)C(F)CC1[C@@]1(C=O)CC2C=C(C(C)C)[C@@]1(C(=O)O)C2.CCCCOCCCCC1C(C)C(F)CC1[C@@]1(C=O)CC2C=C(C(C)C)[C@@]1(C(=O)OCc1ccc(OC)cc1)C2.CCCCOCCCCC1C(C)C(O)CC1[C@@]1(C=O)CC2C=C(C(C)C)[C@@]1(C(=O)OCc1ccc(OC)cc1)C2. The Hall–Kier alpha value is -6.47. The number of aldehydes is 3. The van der Waals surface area contributed by atoms with Crippen molar-refractivity contribution >= 4 is 36.8 Å². The summed E-state index contributed by atoms with van der Waals surface area (Å²) in [6, 6.07) is 21.3. The van der Waals surface area contributed by atoms with Crippen molar-refractivity contribution in [3.63, 3.8) is 0 Å². The molecule has 0 spiro atoms. The molecule has 0 radical (unpaired) electrons. The molecule has 6 fully saturated rings. The Morgan fingerprint density at radius 1 is 0.456 bits per heavy atom. The van der Waals surface area contributed by atoms with Crippen LogP contribution >= 0.6 is 0 Å². The molecule has 9 aliphatic rings. The number of unbranched alkanes of at least 4 members (excludes halogenated alkanes) is 6. The Morgan fingerprint density at radius 2 is 0.768 bits per heavy atom. The van der Waals surface area contributed by atoms with E-state index in [0.717, 1.165) is 181 Å². The second kappa shape index (κ2) is 44.9. The van der Waals surface area contributed by atoms with E-state index < -0.39 is 56.9 Å². The molecule has 2 aromatic carbocycles. The molecule has 1 heterocycles. The first-order chi connectivity index (χ1) is 59.4. The van der Waals surface area contributed by atoms with Gasteiger partial charge in [-0.15, -0.1) is 0 Å². The maximum absolute atomic E-state index is 15.5. The zero-order valence-corrected chi connectivity index (χ0v) is 80.2. The molecule has 15 unspecified atom stereocenters. The number of aliphatic carboxylic acids is 1. The standard InChI is InChI=1S/C34H49FO5.C34H50O6.C26H41FO4.C13H21N/c1-6-7-15-39-16-9-8-10-28-24(4)31(35)18-30(28)33(22-36)19-26-17-29(23(2)3)34(33,20-26)32(37)40-21-25-11-13-27(38-5)14-12-25;1-6-7-15-39-16-9-8-10-28-24(4)31(36)18-30(28)33(22-35)19-26-17-29(23(2)3)34(33,20-26)32(37)40-21-25-11-13-27(38-5)14-12-25;1-5-6-10-31-11-8-7-9-20-18(4)23(27)13-22(20)25(16-28)14-19-12-21(17(2)3)26(25,15-19)24(29)30;1-12(2,3)10-8-7-9-11(14-10)13(4,5)6/h11-14,17,22-24,26,28,30-31H,6-10,15-16,18-21H2,1-5H3;11-14,17,22-24,26,28,30-31,36H,6-10,15-16,18-21H2,1-5H3;12,16-20,22-23H,5-11,13-15H2,1-4H3,(H,29,30);7-9H,1-6H3/t2*24?,26?,28?,30?,31?,33-,34+;18?,19?,20?,22?,23?,25-,26+;/m000./s1. The Morgan fingerprint density at radius 3 is 1.08 bits per heavy atom. The minimum atomic E-state index is -1.16. The van der Waals surface area contributed by atoms with E-state index in [9.17, 15) is 39.0 Å². The number of alkyl halides is 2. The van der Waals surface area contributed by atoms with Crippen molar-refractivity contribution in [3.8, 4) is 11.5 Å². The van der Waals surface area contributed by atoms with Crippen molar-refractivity contribution < 1.29 is 80.9 Å². The highest BCUT2D eigenvalue weighted by Crippen LogP contribution is 2.75. The number of halogens is 2. The van der Waals surface area contributed by atoms with Crippen molar-refractivity contribution in [3.05, 3.63) is 124 Å². The molecule has 21 atom stereocenters. The molecule has 0 aliphatic heterocycles. The summed E-state index contributed by atoms with van der Waals surface area (Å²) in [5, 5.41) is 21.6.